The molecule has 0 aromatic rings. The van der Waals surface area contributed by atoms with Gasteiger partial charge in [0.05, 0.1) is 13.1 Å². The summed E-state index contributed by atoms with van der Waals surface area (Å²) in [6.45, 7) is 6.88. The Kier molecular flexibility index (Phi) is 9.62. The van der Waals surface area contributed by atoms with Crippen molar-refractivity contribution in [1.29, 1.82) is 0 Å². The molecule has 0 aliphatic heterocycles. The summed E-state index contributed by atoms with van der Waals surface area (Å²) in [4.78, 5) is 27.1. The fourth-order valence-corrected chi connectivity index (χ4v) is 3.09. The van der Waals surface area contributed by atoms with Crippen molar-refractivity contribution in [2.24, 2.45) is 0 Å². The lowest BCUT2D eigenvalue weighted by Crippen LogP contribution is -2.49. The first kappa shape index (κ1) is 20.2. The molecular weight excluding hydrogens is 292 g/mol. The first-order valence-electron chi connectivity index (χ1n) is 7.71. The number of hydrogen-bond acceptors (Lipinski definition) is 3. The van der Waals surface area contributed by atoms with Crippen LogP contribution in [0.2, 0.25) is 0 Å². The van der Waals surface area contributed by atoms with Crippen molar-refractivity contribution in [1.82, 2.24) is 9.80 Å². The van der Waals surface area contributed by atoms with Crippen LogP contribution in [0.15, 0.2) is 0 Å². The maximum absolute atomic E-state index is 12.5. The Morgan fingerprint density at radius 3 is 2.19 bits per heavy atom. The van der Waals surface area contributed by atoms with Gasteiger partial charge < -0.3 is 10.0 Å². The van der Waals surface area contributed by atoms with Gasteiger partial charge in [-0.3, -0.25) is 14.5 Å². The monoisotopic (exact) mass is 320 g/mol. The van der Waals surface area contributed by atoms with Crippen LogP contribution in [-0.2, 0) is 9.59 Å². The van der Waals surface area contributed by atoms with Crippen molar-refractivity contribution in [2.45, 2.75) is 65.0 Å². The van der Waals surface area contributed by atoms with Crippen LogP contribution in [-0.4, -0.2) is 58.5 Å². The number of carbonyl (C=O) groups is 2. The van der Waals surface area contributed by atoms with Crippen LogP contribution in [0, 0.1) is 0 Å². The average molecular weight is 321 g/mol. The number of carboxylic acid groups (broad SMARTS) is 1. The number of halogens is 1. The molecule has 0 atom stereocenters. The van der Waals surface area contributed by atoms with Crippen LogP contribution < -0.4 is 0 Å². The normalized spacial score (nSPS) is 15.3. The molecular formula is C15H29ClN2O3. The third-order valence-corrected chi connectivity index (χ3v) is 3.82. The van der Waals surface area contributed by atoms with E-state index in [0.717, 1.165) is 19.3 Å². The Balaban J connectivity index is 0.00000400. The SMILES string of the molecule is CCCN(CC(=O)O)CC(=O)N(C(C)C)C1CCCC1.Cl. The molecule has 1 aliphatic carbocycles. The van der Waals surface area contributed by atoms with Gasteiger partial charge in [0.25, 0.3) is 0 Å². The van der Waals surface area contributed by atoms with Gasteiger partial charge in [0.1, 0.15) is 0 Å². The highest BCUT2D eigenvalue weighted by molar-refractivity contribution is 5.85. The Morgan fingerprint density at radius 1 is 1.19 bits per heavy atom. The van der Waals surface area contributed by atoms with Crippen LogP contribution >= 0.6 is 12.4 Å². The summed E-state index contributed by atoms with van der Waals surface area (Å²) in [5.41, 5.74) is 0. The van der Waals surface area contributed by atoms with E-state index in [1.807, 2.05) is 25.7 Å². The van der Waals surface area contributed by atoms with Gasteiger partial charge in [-0.25, -0.2) is 0 Å². The number of carboxylic acids is 1. The predicted molar refractivity (Wildman–Crippen MR) is 85.9 cm³/mol. The van der Waals surface area contributed by atoms with Gasteiger partial charge in [0, 0.05) is 12.1 Å². The fourth-order valence-electron chi connectivity index (χ4n) is 3.09. The van der Waals surface area contributed by atoms with Crippen molar-refractivity contribution in [3.8, 4) is 0 Å². The summed E-state index contributed by atoms with van der Waals surface area (Å²) in [7, 11) is 0. The van der Waals surface area contributed by atoms with Gasteiger partial charge in [-0.1, -0.05) is 19.8 Å². The number of rotatable bonds is 8. The smallest absolute Gasteiger partial charge is 0.317 e. The Bertz CT molecular complexity index is 331. The first-order chi connectivity index (χ1) is 9.45. The van der Waals surface area contributed by atoms with Crippen LogP contribution in [0.1, 0.15) is 52.9 Å². The molecule has 0 aromatic heterocycles. The van der Waals surface area contributed by atoms with E-state index in [2.05, 4.69) is 0 Å². The highest BCUT2D eigenvalue weighted by atomic mass is 35.5. The van der Waals surface area contributed by atoms with Crippen molar-refractivity contribution < 1.29 is 14.7 Å². The average Bonchev–Trinajstić information content (AvgIpc) is 2.81. The Morgan fingerprint density at radius 2 is 1.76 bits per heavy atom. The zero-order valence-corrected chi connectivity index (χ0v) is 14.2. The molecule has 0 heterocycles. The topological polar surface area (TPSA) is 60.9 Å². The maximum Gasteiger partial charge on any atom is 0.317 e. The molecule has 1 amide bonds. The quantitative estimate of drug-likeness (QED) is 0.746. The van der Waals surface area contributed by atoms with E-state index in [0.29, 0.717) is 12.6 Å². The van der Waals surface area contributed by atoms with E-state index in [4.69, 9.17) is 5.11 Å². The molecule has 0 bridgehead atoms. The standard InChI is InChI=1S/C15H28N2O3.ClH/c1-4-9-16(11-15(19)20)10-14(18)17(12(2)3)13-7-5-6-8-13;/h12-13H,4-11H2,1-3H3,(H,19,20);1H. The second-order valence-corrected chi connectivity index (χ2v) is 5.94. The minimum atomic E-state index is -0.872. The zero-order chi connectivity index (χ0) is 15.1. The highest BCUT2D eigenvalue weighted by Crippen LogP contribution is 2.25. The summed E-state index contributed by atoms with van der Waals surface area (Å²) >= 11 is 0. The molecule has 21 heavy (non-hydrogen) atoms. The van der Waals surface area contributed by atoms with Gasteiger partial charge in [-0.05, 0) is 39.7 Å². The molecule has 0 unspecified atom stereocenters. The van der Waals surface area contributed by atoms with Gasteiger partial charge in [-0.2, -0.15) is 0 Å². The highest BCUT2D eigenvalue weighted by Gasteiger charge is 2.29. The van der Waals surface area contributed by atoms with E-state index in [9.17, 15) is 9.59 Å². The number of hydrogen-bond donors (Lipinski definition) is 1. The molecule has 0 spiro atoms. The fraction of sp³-hybridized carbons (Fsp3) is 0.867. The number of carbonyl (C=O) groups excluding carboxylic acids is 1. The van der Waals surface area contributed by atoms with Gasteiger partial charge in [0.2, 0.25) is 5.91 Å². The predicted octanol–water partition coefficient (Wildman–Crippen LogP) is 2.38. The van der Waals surface area contributed by atoms with Crippen LogP contribution in [0.25, 0.3) is 0 Å². The first-order valence-corrected chi connectivity index (χ1v) is 7.71. The second-order valence-electron chi connectivity index (χ2n) is 5.94. The third kappa shape index (κ3) is 6.66. The molecule has 0 saturated heterocycles. The lowest BCUT2D eigenvalue weighted by atomic mass is 10.1. The molecule has 6 heteroatoms. The molecule has 1 rings (SSSR count). The summed E-state index contributed by atoms with van der Waals surface area (Å²) in [6, 6.07) is 0.523. The summed E-state index contributed by atoms with van der Waals surface area (Å²) < 4.78 is 0. The lowest BCUT2D eigenvalue weighted by Gasteiger charge is -2.34. The lowest BCUT2D eigenvalue weighted by molar-refractivity contribution is -0.141. The van der Waals surface area contributed by atoms with Gasteiger partial charge in [-0.15, -0.1) is 12.4 Å². The van der Waals surface area contributed by atoms with Crippen molar-refractivity contribution in [3.63, 3.8) is 0 Å². The van der Waals surface area contributed by atoms with E-state index >= 15 is 0 Å². The van der Waals surface area contributed by atoms with E-state index < -0.39 is 5.97 Å². The van der Waals surface area contributed by atoms with E-state index in [1.54, 1.807) is 4.90 Å². The number of amides is 1. The van der Waals surface area contributed by atoms with Crippen molar-refractivity contribution in [2.75, 3.05) is 19.6 Å². The van der Waals surface area contributed by atoms with Crippen molar-refractivity contribution in [3.05, 3.63) is 0 Å². The molecule has 1 fully saturated rings. The van der Waals surface area contributed by atoms with E-state index in [-0.39, 0.29) is 37.4 Å². The molecule has 5 nitrogen and oxygen atoms in total. The molecule has 0 radical (unpaired) electrons. The van der Waals surface area contributed by atoms with Gasteiger partial charge in [0.15, 0.2) is 0 Å². The molecule has 0 aromatic carbocycles. The maximum atomic E-state index is 12.5. The molecule has 1 N–H and O–H groups in total. The van der Waals surface area contributed by atoms with Crippen molar-refractivity contribution >= 4 is 24.3 Å². The minimum Gasteiger partial charge on any atom is -0.480 e. The van der Waals surface area contributed by atoms with E-state index in [1.165, 1.54) is 12.8 Å². The summed E-state index contributed by atoms with van der Waals surface area (Å²) in [5.74, 6) is -0.801. The van der Waals surface area contributed by atoms with Crippen LogP contribution in [0.5, 0.6) is 0 Å². The van der Waals surface area contributed by atoms with Crippen LogP contribution in [0.3, 0.4) is 0 Å². The van der Waals surface area contributed by atoms with Crippen LogP contribution in [0.4, 0.5) is 0 Å². The second kappa shape index (κ2) is 10.0. The molecule has 1 aliphatic rings. The summed E-state index contributed by atoms with van der Waals surface area (Å²) in [5, 5.41) is 8.92. The Hall–Kier alpha value is -0.810. The zero-order valence-electron chi connectivity index (χ0n) is 13.4. The molecule has 124 valence electrons. The summed E-state index contributed by atoms with van der Waals surface area (Å²) in [6.07, 6.45) is 5.39. The largest absolute Gasteiger partial charge is 0.480 e. The number of aliphatic carboxylic acids is 1. The van der Waals surface area contributed by atoms with Gasteiger partial charge >= 0.3 is 5.97 Å². The third-order valence-electron chi connectivity index (χ3n) is 3.82. The number of nitrogens with zero attached hydrogens (tertiary/aromatic N) is 2. The molecule has 1 saturated carbocycles. The Labute approximate surface area is 134 Å². The minimum absolute atomic E-state index is 0.